The van der Waals surface area contributed by atoms with Crippen molar-refractivity contribution in [1.29, 1.82) is 0 Å². The van der Waals surface area contributed by atoms with E-state index in [2.05, 4.69) is 4.98 Å². The molecule has 1 aliphatic heterocycles. The molecular formula is C9H14N2OS. The number of nitrogens with zero attached hydrogens (tertiary/aromatic N) is 1. The number of ether oxygens (including phenoxy) is 1. The van der Waals surface area contributed by atoms with E-state index in [4.69, 9.17) is 10.5 Å². The fourth-order valence-electron chi connectivity index (χ4n) is 1.54. The smallest absolute Gasteiger partial charge is 0.0954 e. The van der Waals surface area contributed by atoms with Gasteiger partial charge >= 0.3 is 0 Å². The van der Waals surface area contributed by atoms with Crippen LogP contribution in [0.2, 0.25) is 0 Å². The molecule has 1 aliphatic rings. The fourth-order valence-corrected chi connectivity index (χ4v) is 2.40. The Hall–Kier alpha value is -0.450. The quantitative estimate of drug-likeness (QED) is 0.797. The van der Waals surface area contributed by atoms with Gasteiger partial charge in [0.05, 0.1) is 11.1 Å². The number of hydrogen-bond acceptors (Lipinski definition) is 4. The van der Waals surface area contributed by atoms with Gasteiger partial charge in [0.2, 0.25) is 0 Å². The fraction of sp³-hybridized carbons (Fsp3) is 0.667. The molecule has 0 spiro atoms. The molecule has 2 N–H and O–H groups in total. The molecular weight excluding hydrogens is 184 g/mol. The Morgan fingerprint density at radius 2 is 2.62 bits per heavy atom. The van der Waals surface area contributed by atoms with E-state index in [9.17, 15) is 0 Å². The number of nitrogens with two attached hydrogens (primary N) is 1. The van der Waals surface area contributed by atoms with E-state index in [0.29, 0.717) is 12.6 Å². The molecule has 0 radical (unpaired) electrons. The van der Waals surface area contributed by atoms with E-state index in [1.165, 1.54) is 12.8 Å². The lowest BCUT2D eigenvalue weighted by Gasteiger charge is -2.05. The van der Waals surface area contributed by atoms with Crippen LogP contribution >= 0.6 is 11.3 Å². The van der Waals surface area contributed by atoms with Gasteiger partial charge in [0.25, 0.3) is 0 Å². The summed E-state index contributed by atoms with van der Waals surface area (Å²) in [6, 6.07) is 0. The number of hydrogen-bond donors (Lipinski definition) is 1. The van der Waals surface area contributed by atoms with Crippen LogP contribution in [-0.4, -0.2) is 17.7 Å². The molecule has 1 aromatic heterocycles. The maximum absolute atomic E-state index is 5.54. The van der Waals surface area contributed by atoms with Crippen molar-refractivity contribution in [2.75, 3.05) is 6.61 Å². The normalized spacial score (nSPS) is 22.4. The van der Waals surface area contributed by atoms with E-state index in [0.717, 1.165) is 22.9 Å². The summed E-state index contributed by atoms with van der Waals surface area (Å²) in [4.78, 5) is 5.47. The molecule has 2 rings (SSSR count). The first-order valence-electron chi connectivity index (χ1n) is 4.63. The summed E-state index contributed by atoms with van der Waals surface area (Å²) in [5, 5.41) is 1.16. The molecule has 0 aromatic carbocycles. The molecule has 3 nitrogen and oxygen atoms in total. The average molecular weight is 198 g/mol. The first kappa shape index (κ1) is 9.12. The van der Waals surface area contributed by atoms with Crippen molar-refractivity contribution < 1.29 is 4.74 Å². The van der Waals surface area contributed by atoms with Crippen LogP contribution in [-0.2, 0) is 17.7 Å². The summed E-state index contributed by atoms with van der Waals surface area (Å²) in [6.45, 7) is 1.52. The van der Waals surface area contributed by atoms with Crippen molar-refractivity contribution >= 4 is 11.3 Å². The van der Waals surface area contributed by atoms with Gasteiger partial charge in [0, 0.05) is 30.6 Å². The highest BCUT2D eigenvalue weighted by molar-refractivity contribution is 7.11. The Kier molecular flexibility index (Phi) is 2.93. The van der Waals surface area contributed by atoms with Crippen molar-refractivity contribution in [3.63, 3.8) is 0 Å². The Labute approximate surface area is 81.9 Å². The van der Waals surface area contributed by atoms with Gasteiger partial charge in [-0.2, -0.15) is 0 Å². The predicted molar refractivity (Wildman–Crippen MR) is 52.7 cm³/mol. The van der Waals surface area contributed by atoms with E-state index in [-0.39, 0.29) is 0 Å². The summed E-state index contributed by atoms with van der Waals surface area (Å²) < 4.78 is 5.54. The first-order valence-corrected chi connectivity index (χ1v) is 5.45. The van der Waals surface area contributed by atoms with Crippen LogP contribution in [0.1, 0.15) is 22.7 Å². The van der Waals surface area contributed by atoms with Gasteiger partial charge in [-0.3, -0.25) is 0 Å². The Bertz CT molecular complexity index is 268. The first-order chi connectivity index (χ1) is 6.38. The van der Waals surface area contributed by atoms with Gasteiger partial charge in [-0.05, 0) is 12.8 Å². The topological polar surface area (TPSA) is 48.1 Å². The van der Waals surface area contributed by atoms with Crippen LogP contribution in [0, 0.1) is 0 Å². The van der Waals surface area contributed by atoms with Gasteiger partial charge in [0.15, 0.2) is 0 Å². The zero-order valence-electron chi connectivity index (χ0n) is 7.53. The van der Waals surface area contributed by atoms with Crippen molar-refractivity contribution in [3.8, 4) is 0 Å². The number of aromatic nitrogens is 1. The monoisotopic (exact) mass is 198 g/mol. The van der Waals surface area contributed by atoms with Gasteiger partial charge in [-0.25, -0.2) is 4.98 Å². The molecule has 1 unspecified atom stereocenters. The summed E-state index contributed by atoms with van der Waals surface area (Å²) in [5.74, 6) is 0. The summed E-state index contributed by atoms with van der Waals surface area (Å²) in [6.07, 6.45) is 5.61. The standard InChI is InChI=1S/C9H14N2OS/c10-5-8-6-11-9(13-8)4-7-2-1-3-12-7/h6-7H,1-5,10H2. The molecule has 13 heavy (non-hydrogen) atoms. The second-order valence-electron chi connectivity index (χ2n) is 3.26. The maximum Gasteiger partial charge on any atom is 0.0954 e. The van der Waals surface area contributed by atoms with Crippen LogP contribution in [0.15, 0.2) is 6.20 Å². The third-order valence-electron chi connectivity index (χ3n) is 2.23. The average Bonchev–Trinajstić information content (AvgIpc) is 2.76. The molecule has 0 saturated carbocycles. The molecule has 0 bridgehead atoms. The van der Waals surface area contributed by atoms with Crippen LogP contribution in [0.5, 0.6) is 0 Å². The number of thiazole rings is 1. The van der Waals surface area contributed by atoms with E-state index in [1.807, 2.05) is 6.20 Å². The van der Waals surface area contributed by atoms with Crippen LogP contribution in [0.4, 0.5) is 0 Å². The van der Waals surface area contributed by atoms with E-state index in [1.54, 1.807) is 11.3 Å². The van der Waals surface area contributed by atoms with Crippen molar-refractivity contribution in [3.05, 3.63) is 16.1 Å². The third-order valence-corrected chi connectivity index (χ3v) is 3.27. The highest BCUT2D eigenvalue weighted by atomic mass is 32.1. The lowest BCUT2D eigenvalue weighted by Crippen LogP contribution is -2.08. The molecule has 0 amide bonds. The van der Waals surface area contributed by atoms with Crippen LogP contribution < -0.4 is 5.73 Å². The minimum absolute atomic E-state index is 0.400. The van der Waals surface area contributed by atoms with E-state index >= 15 is 0 Å². The Balaban J connectivity index is 1.92. The second-order valence-corrected chi connectivity index (χ2v) is 4.46. The summed E-state index contributed by atoms with van der Waals surface area (Å²) in [5.41, 5.74) is 5.51. The van der Waals surface area contributed by atoms with Gasteiger partial charge in [-0.15, -0.1) is 11.3 Å². The van der Waals surface area contributed by atoms with Gasteiger partial charge in [-0.1, -0.05) is 0 Å². The molecule has 4 heteroatoms. The van der Waals surface area contributed by atoms with Gasteiger partial charge < -0.3 is 10.5 Å². The molecule has 1 fully saturated rings. The van der Waals surface area contributed by atoms with Crippen molar-refractivity contribution in [2.45, 2.75) is 31.9 Å². The molecule has 2 heterocycles. The van der Waals surface area contributed by atoms with Crippen LogP contribution in [0.3, 0.4) is 0 Å². The third kappa shape index (κ3) is 2.27. The molecule has 0 aliphatic carbocycles. The summed E-state index contributed by atoms with van der Waals surface area (Å²) >= 11 is 1.70. The van der Waals surface area contributed by atoms with Gasteiger partial charge in [0.1, 0.15) is 0 Å². The lowest BCUT2D eigenvalue weighted by atomic mass is 10.2. The SMILES string of the molecule is NCc1cnc(CC2CCCO2)s1. The highest BCUT2D eigenvalue weighted by Crippen LogP contribution is 2.20. The predicted octanol–water partition coefficient (Wildman–Crippen LogP) is 1.32. The zero-order chi connectivity index (χ0) is 9.10. The van der Waals surface area contributed by atoms with Crippen LogP contribution in [0.25, 0.3) is 0 Å². The Morgan fingerprint density at radius 1 is 1.69 bits per heavy atom. The van der Waals surface area contributed by atoms with Crippen molar-refractivity contribution in [1.82, 2.24) is 4.98 Å². The second kappa shape index (κ2) is 4.17. The van der Waals surface area contributed by atoms with Crippen molar-refractivity contribution in [2.24, 2.45) is 5.73 Å². The number of rotatable bonds is 3. The zero-order valence-corrected chi connectivity index (χ0v) is 8.35. The molecule has 1 atom stereocenters. The molecule has 1 aromatic rings. The highest BCUT2D eigenvalue weighted by Gasteiger charge is 2.17. The Morgan fingerprint density at radius 3 is 3.23 bits per heavy atom. The largest absolute Gasteiger partial charge is 0.378 e. The maximum atomic E-state index is 5.54. The molecule has 1 saturated heterocycles. The lowest BCUT2D eigenvalue weighted by molar-refractivity contribution is 0.111. The minimum atomic E-state index is 0.400. The molecule has 72 valence electrons. The van der Waals surface area contributed by atoms with E-state index < -0.39 is 0 Å². The summed E-state index contributed by atoms with van der Waals surface area (Å²) in [7, 11) is 0. The minimum Gasteiger partial charge on any atom is -0.378 e.